The number of piperidine rings is 1. The van der Waals surface area contributed by atoms with Crippen LogP contribution in [0.4, 0.5) is 4.39 Å². The molecule has 0 saturated carbocycles. The quantitative estimate of drug-likeness (QED) is 0.587. The molecule has 1 fully saturated rings. The first-order valence-corrected chi connectivity index (χ1v) is 10.3. The average molecular weight is 410 g/mol. The lowest BCUT2D eigenvalue weighted by atomic mass is 9.97. The van der Waals surface area contributed by atoms with Gasteiger partial charge < -0.3 is 9.09 Å². The molecule has 1 atom stereocenters. The molecule has 3 aromatic rings. The number of aromatic nitrogens is 3. The van der Waals surface area contributed by atoms with Gasteiger partial charge in [0.1, 0.15) is 5.82 Å². The lowest BCUT2D eigenvalue weighted by molar-refractivity contribution is 0.0898. The molecule has 0 radical (unpaired) electrons. The molecular formula is C23H27FN4O2. The van der Waals surface area contributed by atoms with E-state index in [4.69, 9.17) is 4.52 Å². The molecule has 0 bridgehead atoms. The Morgan fingerprint density at radius 3 is 2.73 bits per heavy atom. The summed E-state index contributed by atoms with van der Waals surface area (Å²) in [7, 11) is 0. The fourth-order valence-electron chi connectivity index (χ4n) is 4.33. The van der Waals surface area contributed by atoms with Crippen LogP contribution in [0.2, 0.25) is 0 Å². The number of rotatable bonds is 5. The maximum atomic E-state index is 14.1. The molecule has 0 N–H and O–H groups in total. The van der Waals surface area contributed by atoms with E-state index in [0.29, 0.717) is 29.4 Å². The van der Waals surface area contributed by atoms with Crippen molar-refractivity contribution in [3.63, 3.8) is 0 Å². The molecule has 3 heterocycles. The summed E-state index contributed by atoms with van der Waals surface area (Å²) in [5.74, 6) is 1.28. The van der Waals surface area contributed by atoms with E-state index < -0.39 is 0 Å². The van der Waals surface area contributed by atoms with Crippen LogP contribution in [0.15, 0.2) is 28.8 Å². The highest BCUT2D eigenvalue weighted by Crippen LogP contribution is 2.27. The molecular weight excluding hydrogens is 383 g/mol. The maximum Gasteiger partial charge on any atom is 0.231 e. The number of halogens is 1. The van der Waals surface area contributed by atoms with E-state index in [9.17, 15) is 9.18 Å². The zero-order valence-electron chi connectivity index (χ0n) is 17.9. The van der Waals surface area contributed by atoms with Crippen molar-refractivity contribution in [1.82, 2.24) is 19.6 Å². The Morgan fingerprint density at radius 1 is 1.23 bits per heavy atom. The summed E-state index contributed by atoms with van der Waals surface area (Å²) in [6.07, 6.45) is 1.97. The van der Waals surface area contributed by atoms with Crippen LogP contribution in [0.5, 0.6) is 0 Å². The highest BCUT2D eigenvalue weighted by atomic mass is 19.1. The first-order valence-electron chi connectivity index (χ1n) is 10.3. The van der Waals surface area contributed by atoms with Crippen molar-refractivity contribution in [2.24, 2.45) is 0 Å². The number of carbonyl (C=O) groups is 1. The molecule has 1 saturated heterocycles. The highest BCUT2D eigenvalue weighted by molar-refractivity contribution is 5.99. The Labute approximate surface area is 175 Å². The third kappa shape index (κ3) is 3.94. The van der Waals surface area contributed by atoms with Crippen LogP contribution in [0.25, 0.3) is 5.69 Å². The van der Waals surface area contributed by atoms with Gasteiger partial charge in [-0.25, -0.2) is 4.39 Å². The minimum Gasteiger partial charge on any atom is -0.339 e. The molecule has 1 unspecified atom stereocenters. The molecule has 1 aromatic carbocycles. The maximum absolute atomic E-state index is 14.1. The standard InChI is InChI=1S/C23H27FN4O2/c1-14-7-8-19(11-21(14)24)28-15(2)10-20(16(28)3)22(29)13-27-9-5-6-18(12-27)23-25-17(4)26-30-23/h7-8,10-11,18H,5-6,9,12-13H2,1-4H3. The normalized spacial score (nSPS) is 17.4. The monoisotopic (exact) mass is 410 g/mol. The largest absolute Gasteiger partial charge is 0.339 e. The predicted molar refractivity (Wildman–Crippen MR) is 112 cm³/mol. The van der Waals surface area contributed by atoms with Crippen molar-refractivity contribution in [1.29, 1.82) is 0 Å². The van der Waals surface area contributed by atoms with E-state index in [1.165, 1.54) is 6.07 Å². The van der Waals surface area contributed by atoms with E-state index in [0.717, 1.165) is 43.0 Å². The number of likely N-dealkylation sites (tertiary alicyclic amines) is 1. The number of ketones is 1. The van der Waals surface area contributed by atoms with Gasteiger partial charge in [-0.15, -0.1) is 0 Å². The summed E-state index contributed by atoms with van der Waals surface area (Å²) in [6, 6.07) is 7.07. The third-order valence-electron chi connectivity index (χ3n) is 5.91. The summed E-state index contributed by atoms with van der Waals surface area (Å²) in [6.45, 7) is 9.36. The third-order valence-corrected chi connectivity index (χ3v) is 5.91. The Hall–Kier alpha value is -2.80. The van der Waals surface area contributed by atoms with Gasteiger partial charge in [-0.3, -0.25) is 9.69 Å². The van der Waals surface area contributed by atoms with Crippen molar-refractivity contribution in [3.05, 3.63) is 64.3 Å². The highest BCUT2D eigenvalue weighted by Gasteiger charge is 2.28. The Morgan fingerprint density at radius 2 is 2.03 bits per heavy atom. The van der Waals surface area contributed by atoms with E-state index in [2.05, 4.69) is 15.0 Å². The van der Waals surface area contributed by atoms with Crippen LogP contribution >= 0.6 is 0 Å². The number of carbonyl (C=O) groups excluding carboxylic acids is 1. The number of Topliss-reactive ketones (excluding diaryl/α,β-unsaturated/α-hetero) is 1. The lowest BCUT2D eigenvalue weighted by Gasteiger charge is -2.30. The molecule has 2 aromatic heterocycles. The van der Waals surface area contributed by atoms with Crippen molar-refractivity contribution in [2.45, 2.75) is 46.5 Å². The Kier molecular flexibility index (Phi) is 5.56. The van der Waals surface area contributed by atoms with Crippen LogP contribution < -0.4 is 0 Å². The molecule has 0 spiro atoms. The van der Waals surface area contributed by atoms with Crippen molar-refractivity contribution in [3.8, 4) is 5.69 Å². The van der Waals surface area contributed by atoms with Gasteiger partial charge in [0.05, 0.1) is 12.5 Å². The molecule has 158 valence electrons. The zero-order chi connectivity index (χ0) is 21.4. The Bertz CT molecular complexity index is 1090. The number of hydrogen-bond acceptors (Lipinski definition) is 5. The Balaban J connectivity index is 1.52. The van der Waals surface area contributed by atoms with E-state index in [-0.39, 0.29) is 17.5 Å². The average Bonchev–Trinajstić information content (AvgIpc) is 3.27. The van der Waals surface area contributed by atoms with Gasteiger partial charge in [0.15, 0.2) is 11.6 Å². The number of benzene rings is 1. The fourth-order valence-corrected chi connectivity index (χ4v) is 4.33. The second-order valence-corrected chi connectivity index (χ2v) is 8.23. The minimum absolute atomic E-state index is 0.0734. The van der Waals surface area contributed by atoms with Gasteiger partial charge in [0, 0.05) is 29.2 Å². The molecule has 0 amide bonds. The van der Waals surface area contributed by atoms with Crippen LogP contribution in [0.3, 0.4) is 0 Å². The van der Waals surface area contributed by atoms with E-state index >= 15 is 0 Å². The first kappa shape index (κ1) is 20.5. The zero-order valence-corrected chi connectivity index (χ0v) is 17.9. The number of hydrogen-bond donors (Lipinski definition) is 0. The molecule has 7 heteroatoms. The molecule has 30 heavy (non-hydrogen) atoms. The summed E-state index contributed by atoms with van der Waals surface area (Å²) in [5.41, 5.74) is 3.77. The summed E-state index contributed by atoms with van der Waals surface area (Å²) in [5, 5.41) is 3.89. The molecule has 4 rings (SSSR count). The fraction of sp³-hybridized carbons (Fsp3) is 0.435. The number of nitrogens with zero attached hydrogens (tertiary/aromatic N) is 4. The SMILES string of the molecule is Cc1noc(C2CCCN(CC(=O)c3cc(C)n(-c4ccc(C)c(F)c4)c3C)C2)n1. The van der Waals surface area contributed by atoms with Crippen LogP contribution in [-0.4, -0.2) is 45.0 Å². The van der Waals surface area contributed by atoms with Crippen molar-refractivity contribution < 1.29 is 13.7 Å². The van der Waals surface area contributed by atoms with Gasteiger partial charge in [-0.1, -0.05) is 11.2 Å². The van der Waals surface area contributed by atoms with Crippen LogP contribution in [0.1, 0.15) is 57.8 Å². The smallest absolute Gasteiger partial charge is 0.231 e. The lowest BCUT2D eigenvalue weighted by Crippen LogP contribution is -2.38. The topological polar surface area (TPSA) is 64.2 Å². The molecule has 0 aliphatic carbocycles. The van der Waals surface area contributed by atoms with Gasteiger partial charge in [0.2, 0.25) is 5.89 Å². The van der Waals surface area contributed by atoms with Crippen molar-refractivity contribution >= 4 is 5.78 Å². The molecule has 1 aliphatic heterocycles. The van der Waals surface area contributed by atoms with Gasteiger partial charge in [-0.2, -0.15) is 4.98 Å². The van der Waals surface area contributed by atoms with E-state index in [1.807, 2.05) is 37.5 Å². The second kappa shape index (κ2) is 8.14. The first-order chi connectivity index (χ1) is 14.3. The van der Waals surface area contributed by atoms with Gasteiger partial charge >= 0.3 is 0 Å². The molecule has 1 aliphatic rings. The van der Waals surface area contributed by atoms with Gasteiger partial charge in [0.25, 0.3) is 0 Å². The van der Waals surface area contributed by atoms with Crippen LogP contribution in [-0.2, 0) is 0 Å². The second-order valence-electron chi connectivity index (χ2n) is 8.23. The van der Waals surface area contributed by atoms with Crippen LogP contribution in [0, 0.1) is 33.5 Å². The number of aryl methyl sites for hydroxylation is 3. The summed E-state index contributed by atoms with van der Waals surface area (Å²) in [4.78, 5) is 19.6. The summed E-state index contributed by atoms with van der Waals surface area (Å²) >= 11 is 0. The minimum atomic E-state index is -0.247. The van der Waals surface area contributed by atoms with Gasteiger partial charge in [-0.05, 0) is 70.8 Å². The van der Waals surface area contributed by atoms with Crippen molar-refractivity contribution in [2.75, 3.05) is 19.6 Å². The van der Waals surface area contributed by atoms with E-state index in [1.54, 1.807) is 13.0 Å². The summed E-state index contributed by atoms with van der Waals surface area (Å²) < 4.78 is 21.4. The predicted octanol–water partition coefficient (Wildman–Crippen LogP) is 4.30. The molecule has 6 nitrogen and oxygen atoms in total.